The molecule has 0 atom stereocenters. The first-order chi connectivity index (χ1) is 14.7. The van der Waals surface area contributed by atoms with Gasteiger partial charge >= 0.3 is 0 Å². The first-order valence-electron chi connectivity index (χ1n) is 11.6. The van der Waals surface area contributed by atoms with Crippen LogP contribution in [-0.4, -0.2) is 61.5 Å². The predicted octanol–water partition coefficient (Wildman–Crippen LogP) is 4.46. The molecule has 0 saturated carbocycles. The summed E-state index contributed by atoms with van der Waals surface area (Å²) in [6.45, 7) is 5.55. The molecule has 4 heteroatoms. The lowest BCUT2D eigenvalue weighted by molar-refractivity contribution is 0.0796. The lowest BCUT2D eigenvalue weighted by Gasteiger charge is -2.41. The van der Waals surface area contributed by atoms with Crippen molar-refractivity contribution in [1.29, 1.82) is 0 Å². The lowest BCUT2D eigenvalue weighted by atomic mass is 9.99. The number of amides is 1. The zero-order valence-electron chi connectivity index (χ0n) is 18.3. The number of hydrogen-bond acceptors (Lipinski definition) is 3. The summed E-state index contributed by atoms with van der Waals surface area (Å²) in [7, 11) is 1.89. The van der Waals surface area contributed by atoms with Crippen LogP contribution in [0.1, 0.15) is 48.0 Å². The molecule has 160 valence electrons. The van der Waals surface area contributed by atoms with E-state index in [1.165, 1.54) is 56.4 Å². The van der Waals surface area contributed by atoms with E-state index in [0.717, 1.165) is 37.7 Å². The Hall–Kier alpha value is -2.33. The molecule has 4 rings (SSSR count). The maximum atomic E-state index is 12.8. The quantitative estimate of drug-likeness (QED) is 0.710. The Morgan fingerprint density at radius 2 is 1.57 bits per heavy atom. The van der Waals surface area contributed by atoms with Gasteiger partial charge in [0.25, 0.3) is 5.91 Å². The second-order valence-corrected chi connectivity index (χ2v) is 8.82. The second-order valence-electron chi connectivity index (χ2n) is 8.82. The van der Waals surface area contributed by atoms with Gasteiger partial charge in [-0.2, -0.15) is 0 Å². The van der Waals surface area contributed by atoms with Crippen molar-refractivity contribution >= 4 is 11.6 Å². The molecule has 30 heavy (non-hydrogen) atoms. The topological polar surface area (TPSA) is 26.8 Å². The molecule has 4 nitrogen and oxygen atoms in total. The number of benzene rings is 2. The van der Waals surface area contributed by atoms with E-state index < -0.39 is 0 Å². The van der Waals surface area contributed by atoms with Crippen molar-refractivity contribution in [2.45, 2.75) is 44.6 Å². The molecule has 0 aliphatic carbocycles. The highest BCUT2D eigenvalue weighted by molar-refractivity contribution is 5.94. The number of likely N-dealkylation sites (tertiary alicyclic amines) is 1. The molecule has 0 unspecified atom stereocenters. The van der Waals surface area contributed by atoms with Crippen molar-refractivity contribution in [1.82, 2.24) is 9.80 Å². The van der Waals surface area contributed by atoms with E-state index in [0.29, 0.717) is 0 Å². The molecule has 0 bridgehead atoms. The van der Waals surface area contributed by atoms with Crippen LogP contribution in [0.5, 0.6) is 0 Å². The summed E-state index contributed by atoms with van der Waals surface area (Å²) in [4.78, 5) is 19.8. The molecule has 2 aliphatic heterocycles. The van der Waals surface area contributed by atoms with Crippen molar-refractivity contribution in [3.05, 3.63) is 65.7 Å². The molecule has 1 amide bonds. The molecule has 2 fully saturated rings. The first-order valence-corrected chi connectivity index (χ1v) is 11.6. The number of carbonyl (C=O) groups is 1. The van der Waals surface area contributed by atoms with Crippen LogP contribution in [0.3, 0.4) is 0 Å². The van der Waals surface area contributed by atoms with Crippen molar-refractivity contribution in [2.75, 3.05) is 44.7 Å². The molecule has 2 aliphatic rings. The highest BCUT2D eigenvalue weighted by Crippen LogP contribution is 2.25. The van der Waals surface area contributed by atoms with Gasteiger partial charge in [0.1, 0.15) is 0 Å². The highest BCUT2D eigenvalue weighted by atomic mass is 16.2. The van der Waals surface area contributed by atoms with E-state index in [1.54, 1.807) is 0 Å². The van der Waals surface area contributed by atoms with E-state index in [1.807, 2.05) is 42.3 Å². The van der Waals surface area contributed by atoms with Crippen LogP contribution in [0.15, 0.2) is 54.6 Å². The normalized spacial score (nSPS) is 18.4. The van der Waals surface area contributed by atoms with E-state index in [9.17, 15) is 4.79 Å². The van der Waals surface area contributed by atoms with Gasteiger partial charge in [-0.3, -0.25) is 4.79 Å². The van der Waals surface area contributed by atoms with Crippen molar-refractivity contribution in [3.63, 3.8) is 0 Å². The molecule has 2 saturated heterocycles. The van der Waals surface area contributed by atoms with Gasteiger partial charge in [-0.05, 0) is 75.0 Å². The minimum atomic E-state index is 0.0984. The van der Waals surface area contributed by atoms with Gasteiger partial charge in [0.15, 0.2) is 0 Å². The summed E-state index contributed by atoms with van der Waals surface area (Å²) in [6, 6.07) is 19.3. The average molecular weight is 406 g/mol. The Morgan fingerprint density at radius 3 is 2.23 bits per heavy atom. The third kappa shape index (κ3) is 5.23. The van der Waals surface area contributed by atoms with E-state index in [2.05, 4.69) is 34.1 Å². The number of rotatable bonds is 6. The molecular weight excluding hydrogens is 370 g/mol. The van der Waals surface area contributed by atoms with Crippen LogP contribution in [0, 0.1) is 0 Å². The van der Waals surface area contributed by atoms with E-state index >= 15 is 0 Å². The van der Waals surface area contributed by atoms with E-state index in [-0.39, 0.29) is 5.91 Å². The molecule has 2 aromatic carbocycles. The summed E-state index contributed by atoms with van der Waals surface area (Å²) in [5.41, 5.74) is 3.29. The number of hydrogen-bond donors (Lipinski definition) is 0. The molecule has 0 spiro atoms. The highest BCUT2D eigenvalue weighted by Gasteiger charge is 2.25. The molecular formula is C26H35N3O. The number of likely N-dealkylation sites (N-methyl/N-ethyl adjacent to an activating group) is 1. The summed E-state index contributed by atoms with van der Waals surface area (Å²) >= 11 is 0. The zero-order chi connectivity index (χ0) is 20.8. The standard InChI is InChI=1S/C26H35N3O/c1-27(19-14-22-8-4-2-5-9-22)26(30)23-10-12-24(13-11-23)29-20-15-25(16-21-29)28-17-6-3-7-18-28/h2,4-5,8-13,25H,3,6-7,14-21H2,1H3. The lowest BCUT2D eigenvalue weighted by Crippen LogP contribution is -2.46. The Labute approximate surface area is 181 Å². The smallest absolute Gasteiger partial charge is 0.253 e. The summed E-state index contributed by atoms with van der Waals surface area (Å²) in [5, 5.41) is 0. The summed E-state index contributed by atoms with van der Waals surface area (Å²) in [6.07, 6.45) is 7.53. The number of piperidine rings is 2. The van der Waals surface area contributed by atoms with Crippen molar-refractivity contribution in [2.24, 2.45) is 0 Å². The van der Waals surface area contributed by atoms with Crippen LogP contribution in [0.25, 0.3) is 0 Å². The predicted molar refractivity (Wildman–Crippen MR) is 124 cm³/mol. The second kappa shape index (κ2) is 10.1. The van der Waals surface area contributed by atoms with Crippen LogP contribution >= 0.6 is 0 Å². The van der Waals surface area contributed by atoms with Crippen molar-refractivity contribution in [3.8, 4) is 0 Å². The van der Waals surface area contributed by atoms with E-state index in [4.69, 9.17) is 0 Å². The van der Waals surface area contributed by atoms with Crippen molar-refractivity contribution < 1.29 is 4.79 Å². The fraction of sp³-hybridized carbons (Fsp3) is 0.500. The number of carbonyl (C=O) groups excluding carboxylic acids is 1. The maximum absolute atomic E-state index is 12.8. The molecule has 2 aromatic rings. The van der Waals surface area contributed by atoms with Crippen LogP contribution < -0.4 is 4.90 Å². The Balaban J connectivity index is 1.27. The van der Waals surface area contributed by atoms with Gasteiger partial charge in [-0.25, -0.2) is 0 Å². The van der Waals surface area contributed by atoms with Crippen LogP contribution in [0.2, 0.25) is 0 Å². The Morgan fingerprint density at radius 1 is 0.900 bits per heavy atom. The minimum absolute atomic E-state index is 0.0984. The van der Waals surface area contributed by atoms with Gasteiger partial charge in [-0.15, -0.1) is 0 Å². The first kappa shape index (κ1) is 20.9. The minimum Gasteiger partial charge on any atom is -0.371 e. The summed E-state index contributed by atoms with van der Waals surface area (Å²) < 4.78 is 0. The molecule has 0 aromatic heterocycles. The monoisotopic (exact) mass is 405 g/mol. The Kier molecular flexibility index (Phi) is 7.06. The number of nitrogens with zero attached hydrogens (tertiary/aromatic N) is 3. The third-order valence-electron chi connectivity index (χ3n) is 6.78. The Bertz CT molecular complexity index is 791. The SMILES string of the molecule is CN(CCc1ccccc1)C(=O)c1ccc(N2CCC(N3CCCCC3)CC2)cc1. The average Bonchev–Trinajstić information content (AvgIpc) is 2.83. The third-order valence-corrected chi connectivity index (χ3v) is 6.78. The van der Waals surface area contributed by atoms with Gasteiger partial charge in [0.2, 0.25) is 0 Å². The van der Waals surface area contributed by atoms with Crippen LogP contribution in [-0.2, 0) is 6.42 Å². The zero-order valence-corrected chi connectivity index (χ0v) is 18.3. The molecule has 0 N–H and O–H groups in total. The van der Waals surface area contributed by atoms with Gasteiger partial charge in [0.05, 0.1) is 0 Å². The number of anilines is 1. The van der Waals surface area contributed by atoms with Crippen LogP contribution in [0.4, 0.5) is 5.69 Å². The summed E-state index contributed by atoms with van der Waals surface area (Å²) in [5.74, 6) is 0.0984. The fourth-order valence-corrected chi connectivity index (χ4v) is 4.85. The molecule has 0 radical (unpaired) electrons. The maximum Gasteiger partial charge on any atom is 0.253 e. The largest absolute Gasteiger partial charge is 0.371 e. The molecule has 2 heterocycles. The van der Waals surface area contributed by atoms with Gasteiger partial charge < -0.3 is 14.7 Å². The fourth-order valence-electron chi connectivity index (χ4n) is 4.85. The van der Waals surface area contributed by atoms with Gasteiger partial charge in [-0.1, -0.05) is 36.8 Å². The van der Waals surface area contributed by atoms with Gasteiger partial charge in [0, 0.05) is 44.0 Å².